The SMILES string of the molecule is CN1CCNC1C(=O)C[O]. The van der Waals surface area contributed by atoms with Crippen molar-refractivity contribution in [3.05, 3.63) is 0 Å². The highest BCUT2D eigenvalue weighted by Gasteiger charge is 2.26. The molecule has 0 aromatic carbocycles. The van der Waals surface area contributed by atoms with Gasteiger partial charge in [0.05, 0.1) is 0 Å². The van der Waals surface area contributed by atoms with Crippen molar-refractivity contribution in [2.75, 3.05) is 26.7 Å². The zero-order valence-corrected chi connectivity index (χ0v) is 5.96. The zero-order chi connectivity index (χ0) is 7.56. The highest BCUT2D eigenvalue weighted by Crippen LogP contribution is 1.99. The van der Waals surface area contributed by atoms with E-state index >= 15 is 0 Å². The number of carbonyl (C=O) groups is 1. The lowest BCUT2D eigenvalue weighted by Crippen LogP contribution is -2.41. The van der Waals surface area contributed by atoms with Crippen LogP contribution in [0.3, 0.4) is 0 Å². The van der Waals surface area contributed by atoms with Crippen LogP contribution in [0, 0.1) is 0 Å². The van der Waals surface area contributed by atoms with Crippen molar-refractivity contribution < 1.29 is 9.90 Å². The maximum Gasteiger partial charge on any atom is 0.193 e. The number of rotatable bonds is 2. The summed E-state index contributed by atoms with van der Waals surface area (Å²) in [4.78, 5) is 12.7. The van der Waals surface area contributed by atoms with E-state index in [0.717, 1.165) is 13.1 Å². The van der Waals surface area contributed by atoms with E-state index in [1.54, 1.807) is 0 Å². The molecular formula is C6H11N2O2. The number of Topliss-reactive ketones (excluding diaryl/α,β-unsaturated/α-hetero) is 1. The molecule has 0 amide bonds. The van der Waals surface area contributed by atoms with Gasteiger partial charge in [0.2, 0.25) is 0 Å². The standard InChI is InChI=1S/C6H11N2O2/c1-8-3-2-7-6(8)5(10)4-9/h6-7H,2-4H2,1H3. The van der Waals surface area contributed by atoms with Crippen LogP contribution in [0.1, 0.15) is 0 Å². The molecule has 0 saturated carbocycles. The van der Waals surface area contributed by atoms with E-state index in [2.05, 4.69) is 5.32 Å². The second kappa shape index (κ2) is 3.09. The molecule has 1 unspecified atom stereocenters. The van der Waals surface area contributed by atoms with E-state index in [9.17, 15) is 9.90 Å². The molecule has 1 aliphatic rings. The molecule has 1 radical (unpaired) electrons. The first kappa shape index (κ1) is 7.65. The minimum absolute atomic E-state index is 0.264. The van der Waals surface area contributed by atoms with Crippen molar-refractivity contribution in [1.82, 2.24) is 10.2 Å². The first-order valence-corrected chi connectivity index (χ1v) is 3.30. The van der Waals surface area contributed by atoms with Gasteiger partial charge in [0.1, 0.15) is 12.8 Å². The zero-order valence-electron chi connectivity index (χ0n) is 5.96. The van der Waals surface area contributed by atoms with Crippen LogP contribution < -0.4 is 5.32 Å². The van der Waals surface area contributed by atoms with E-state index in [1.165, 1.54) is 0 Å². The Morgan fingerprint density at radius 3 is 2.90 bits per heavy atom. The smallest absolute Gasteiger partial charge is 0.193 e. The third-order valence-corrected chi connectivity index (χ3v) is 1.69. The van der Waals surface area contributed by atoms with Crippen molar-refractivity contribution in [1.29, 1.82) is 0 Å². The maximum absolute atomic E-state index is 10.8. The molecule has 1 N–H and O–H groups in total. The molecule has 57 valence electrons. The molecule has 1 fully saturated rings. The Balaban J connectivity index is 2.46. The van der Waals surface area contributed by atoms with Crippen LogP contribution in [0.5, 0.6) is 0 Å². The van der Waals surface area contributed by atoms with Crippen molar-refractivity contribution in [3.63, 3.8) is 0 Å². The highest BCUT2D eigenvalue weighted by atomic mass is 16.3. The van der Waals surface area contributed by atoms with Gasteiger partial charge in [-0.15, -0.1) is 0 Å². The summed E-state index contributed by atoms with van der Waals surface area (Å²) < 4.78 is 0. The van der Waals surface area contributed by atoms with Crippen LogP contribution in [-0.2, 0) is 9.90 Å². The quantitative estimate of drug-likeness (QED) is 0.531. The molecule has 0 bridgehead atoms. The summed E-state index contributed by atoms with van der Waals surface area (Å²) in [5, 5.41) is 13.1. The van der Waals surface area contributed by atoms with Crippen LogP contribution in [0.2, 0.25) is 0 Å². The lowest BCUT2D eigenvalue weighted by Gasteiger charge is -2.15. The fourth-order valence-electron chi connectivity index (χ4n) is 1.10. The maximum atomic E-state index is 10.8. The average molecular weight is 143 g/mol. The highest BCUT2D eigenvalue weighted by molar-refractivity contribution is 5.84. The Morgan fingerprint density at radius 1 is 1.80 bits per heavy atom. The van der Waals surface area contributed by atoms with Gasteiger partial charge in [-0.3, -0.25) is 15.0 Å². The van der Waals surface area contributed by atoms with Gasteiger partial charge in [0.15, 0.2) is 5.78 Å². The van der Waals surface area contributed by atoms with Crippen LogP contribution >= 0.6 is 0 Å². The van der Waals surface area contributed by atoms with Gasteiger partial charge in [0, 0.05) is 13.1 Å². The fraction of sp³-hybridized carbons (Fsp3) is 0.833. The summed E-state index contributed by atoms with van der Waals surface area (Å²) in [5.41, 5.74) is 0. The summed E-state index contributed by atoms with van der Waals surface area (Å²) in [6.07, 6.45) is -0.322. The Hall–Kier alpha value is -0.450. The van der Waals surface area contributed by atoms with Crippen molar-refractivity contribution in [2.45, 2.75) is 6.17 Å². The average Bonchev–Trinajstić information content (AvgIpc) is 2.34. The Labute approximate surface area is 59.8 Å². The third kappa shape index (κ3) is 1.34. The van der Waals surface area contributed by atoms with E-state index in [-0.39, 0.29) is 11.9 Å². The Morgan fingerprint density at radius 2 is 2.50 bits per heavy atom. The molecular weight excluding hydrogens is 132 g/mol. The normalized spacial score (nSPS) is 27.2. The van der Waals surface area contributed by atoms with Crippen molar-refractivity contribution in [3.8, 4) is 0 Å². The van der Waals surface area contributed by atoms with Crippen LogP contribution in [0.4, 0.5) is 0 Å². The lowest BCUT2D eigenvalue weighted by molar-refractivity contribution is -0.128. The predicted octanol–water partition coefficient (Wildman–Crippen LogP) is -1.15. The fourth-order valence-corrected chi connectivity index (χ4v) is 1.10. The number of nitrogens with one attached hydrogen (secondary N) is 1. The molecule has 1 atom stereocenters. The summed E-state index contributed by atoms with van der Waals surface area (Å²) in [6.45, 7) is 1.02. The minimum atomic E-state index is -0.623. The Kier molecular flexibility index (Phi) is 2.37. The van der Waals surface area contributed by atoms with Gasteiger partial charge in [-0.05, 0) is 7.05 Å². The van der Waals surface area contributed by atoms with Gasteiger partial charge >= 0.3 is 0 Å². The number of likely N-dealkylation sites (N-methyl/N-ethyl adjacent to an activating group) is 1. The van der Waals surface area contributed by atoms with E-state index in [4.69, 9.17) is 0 Å². The number of carbonyl (C=O) groups excluding carboxylic acids is 1. The van der Waals surface area contributed by atoms with E-state index < -0.39 is 6.61 Å². The number of ketones is 1. The molecule has 0 aromatic rings. The minimum Gasteiger partial charge on any atom is -0.294 e. The van der Waals surface area contributed by atoms with Gasteiger partial charge < -0.3 is 0 Å². The first-order chi connectivity index (χ1) is 4.75. The summed E-state index contributed by atoms with van der Waals surface area (Å²) in [6, 6.07) is 0. The topological polar surface area (TPSA) is 52.2 Å². The molecule has 1 aliphatic heterocycles. The van der Waals surface area contributed by atoms with Crippen molar-refractivity contribution in [2.24, 2.45) is 0 Å². The molecule has 1 rings (SSSR count). The molecule has 1 heterocycles. The molecule has 0 aromatic heterocycles. The second-order valence-corrected chi connectivity index (χ2v) is 2.45. The number of hydrogen-bond acceptors (Lipinski definition) is 3. The molecule has 0 spiro atoms. The monoisotopic (exact) mass is 143 g/mol. The first-order valence-electron chi connectivity index (χ1n) is 3.30. The van der Waals surface area contributed by atoms with Crippen LogP contribution in [0.25, 0.3) is 0 Å². The van der Waals surface area contributed by atoms with Gasteiger partial charge in [-0.2, -0.15) is 0 Å². The largest absolute Gasteiger partial charge is 0.294 e. The lowest BCUT2D eigenvalue weighted by atomic mass is 10.3. The summed E-state index contributed by atoms with van der Waals surface area (Å²) >= 11 is 0. The predicted molar refractivity (Wildman–Crippen MR) is 35.0 cm³/mol. The number of hydrogen-bond donors (Lipinski definition) is 1. The Bertz CT molecular complexity index is 138. The molecule has 1 saturated heterocycles. The van der Waals surface area contributed by atoms with Gasteiger partial charge in [-0.25, -0.2) is 5.11 Å². The van der Waals surface area contributed by atoms with Gasteiger partial charge in [0.25, 0.3) is 0 Å². The molecule has 4 heteroatoms. The number of nitrogens with zero attached hydrogens (tertiary/aromatic N) is 1. The molecule has 0 aliphatic carbocycles. The third-order valence-electron chi connectivity index (χ3n) is 1.69. The van der Waals surface area contributed by atoms with E-state index in [1.807, 2.05) is 11.9 Å². The second-order valence-electron chi connectivity index (χ2n) is 2.45. The molecule has 4 nitrogen and oxygen atoms in total. The van der Waals surface area contributed by atoms with Gasteiger partial charge in [-0.1, -0.05) is 0 Å². The molecule has 10 heavy (non-hydrogen) atoms. The summed E-state index contributed by atoms with van der Waals surface area (Å²) in [5.74, 6) is -0.264. The van der Waals surface area contributed by atoms with Crippen molar-refractivity contribution >= 4 is 5.78 Å². The van der Waals surface area contributed by atoms with E-state index in [0.29, 0.717) is 0 Å². The van der Waals surface area contributed by atoms with Crippen LogP contribution in [-0.4, -0.2) is 43.6 Å². The summed E-state index contributed by atoms with van der Waals surface area (Å²) in [7, 11) is 1.83. The van der Waals surface area contributed by atoms with Crippen LogP contribution in [0.15, 0.2) is 0 Å².